The minimum Gasteiger partial charge on any atom is -0.318 e. The van der Waals surface area contributed by atoms with Crippen LogP contribution in [0.3, 0.4) is 0 Å². The summed E-state index contributed by atoms with van der Waals surface area (Å²) in [6.07, 6.45) is 0.879. The van der Waals surface area contributed by atoms with Gasteiger partial charge in [-0.05, 0) is 68.0 Å². The van der Waals surface area contributed by atoms with Gasteiger partial charge in [0.05, 0.1) is 11.5 Å². The molecule has 1 aromatic heterocycles. The number of fused-ring (bicyclic) bond motifs is 1. The molecular weight excluding hydrogens is 292 g/mol. The first-order chi connectivity index (χ1) is 10.2. The number of rotatable bonds is 1. The highest BCUT2D eigenvalue weighted by Crippen LogP contribution is 2.53. The first-order valence-electron chi connectivity index (χ1n) is 7.61. The quantitative estimate of drug-likeness (QED) is 0.710. The van der Waals surface area contributed by atoms with Crippen LogP contribution in [0.25, 0.3) is 5.69 Å². The lowest BCUT2D eigenvalue weighted by Gasteiger charge is -2.24. The van der Waals surface area contributed by atoms with Crippen molar-refractivity contribution in [2.45, 2.75) is 51.9 Å². The van der Waals surface area contributed by atoms with Crippen LogP contribution in [0, 0.1) is 25.2 Å². The van der Waals surface area contributed by atoms with Crippen LogP contribution in [0.1, 0.15) is 49.7 Å². The van der Waals surface area contributed by atoms with Gasteiger partial charge in [-0.1, -0.05) is 25.4 Å². The molecule has 114 valence electrons. The van der Waals surface area contributed by atoms with Gasteiger partial charge in [-0.15, -0.1) is 0 Å². The van der Waals surface area contributed by atoms with Gasteiger partial charge in [0.15, 0.2) is 0 Å². The number of hydrogen-bond acceptors (Lipinski definition) is 1. The summed E-state index contributed by atoms with van der Waals surface area (Å²) in [5, 5.41) is 10.5. The molecule has 0 spiro atoms. The van der Waals surface area contributed by atoms with Crippen molar-refractivity contribution in [1.82, 2.24) is 4.57 Å². The number of nitriles is 1. The molecule has 0 fully saturated rings. The van der Waals surface area contributed by atoms with E-state index in [1.54, 1.807) is 0 Å². The number of nitrogens with zero attached hydrogens (tertiary/aromatic N) is 2. The van der Waals surface area contributed by atoms with Crippen molar-refractivity contribution in [1.29, 1.82) is 5.26 Å². The average molecular weight is 313 g/mol. The Morgan fingerprint density at radius 2 is 1.59 bits per heavy atom. The maximum Gasteiger partial charge on any atom is 0.0822 e. The van der Waals surface area contributed by atoms with Gasteiger partial charge in [-0.2, -0.15) is 5.26 Å². The monoisotopic (exact) mass is 312 g/mol. The van der Waals surface area contributed by atoms with E-state index in [1.807, 2.05) is 24.3 Å². The van der Waals surface area contributed by atoms with Crippen molar-refractivity contribution < 1.29 is 0 Å². The third kappa shape index (κ3) is 1.92. The molecule has 0 bridgehead atoms. The van der Waals surface area contributed by atoms with E-state index in [9.17, 15) is 5.26 Å². The highest BCUT2D eigenvalue weighted by atomic mass is 35.5. The summed E-state index contributed by atoms with van der Waals surface area (Å²) in [7, 11) is 0. The van der Waals surface area contributed by atoms with Crippen molar-refractivity contribution in [3.63, 3.8) is 0 Å². The molecule has 0 saturated heterocycles. The molecule has 0 amide bonds. The summed E-state index contributed by atoms with van der Waals surface area (Å²) in [6, 6.07) is 10.5. The van der Waals surface area contributed by atoms with Gasteiger partial charge in [0, 0.05) is 22.1 Å². The van der Waals surface area contributed by atoms with Crippen LogP contribution < -0.4 is 0 Å². The highest BCUT2D eigenvalue weighted by molar-refractivity contribution is 6.30. The van der Waals surface area contributed by atoms with E-state index in [0.29, 0.717) is 0 Å². The van der Waals surface area contributed by atoms with E-state index in [4.69, 9.17) is 11.6 Å². The maximum atomic E-state index is 9.76. The van der Waals surface area contributed by atoms with Crippen molar-refractivity contribution in [2.24, 2.45) is 0 Å². The van der Waals surface area contributed by atoms with Crippen molar-refractivity contribution >= 4 is 11.6 Å². The largest absolute Gasteiger partial charge is 0.318 e. The minimum absolute atomic E-state index is 0.0202. The van der Waals surface area contributed by atoms with Crippen LogP contribution in [0.2, 0.25) is 5.02 Å². The van der Waals surface area contributed by atoms with Gasteiger partial charge < -0.3 is 4.57 Å². The Morgan fingerprint density at radius 3 is 2.14 bits per heavy atom. The lowest BCUT2D eigenvalue weighted by Crippen LogP contribution is -2.22. The number of aromatic nitrogens is 1. The fraction of sp³-hybridized carbons (Fsp3) is 0.421. The SMILES string of the molecule is Cc1c2c(c(C)n1-c1ccc(Cl)cc1)C(C)(C#N)CC2(C)C. The minimum atomic E-state index is -0.411. The van der Waals surface area contributed by atoms with Crippen molar-refractivity contribution in [3.8, 4) is 11.8 Å². The van der Waals surface area contributed by atoms with Gasteiger partial charge in [0.1, 0.15) is 0 Å². The second-order valence-electron chi connectivity index (χ2n) is 7.24. The molecule has 0 saturated carbocycles. The topological polar surface area (TPSA) is 28.7 Å². The molecule has 1 heterocycles. The molecule has 0 N–H and O–H groups in total. The van der Waals surface area contributed by atoms with E-state index in [0.717, 1.165) is 17.1 Å². The summed E-state index contributed by atoms with van der Waals surface area (Å²) >= 11 is 6.01. The van der Waals surface area contributed by atoms with E-state index in [-0.39, 0.29) is 5.41 Å². The molecule has 0 aliphatic heterocycles. The second-order valence-corrected chi connectivity index (χ2v) is 7.67. The lowest BCUT2D eigenvalue weighted by molar-refractivity contribution is 0.434. The fourth-order valence-electron chi connectivity index (χ4n) is 4.47. The van der Waals surface area contributed by atoms with Gasteiger partial charge in [-0.25, -0.2) is 0 Å². The normalized spacial score (nSPS) is 22.4. The third-order valence-electron chi connectivity index (χ3n) is 5.00. The number of hydrogen-bond donors (Lipinski definition) is 0. The van der Waals surface area contributed by atoms with Gasteiger partial charge >= 0.3 is 0 Å². The Hall–Kier alpha value is -1.72. The predicted octanol–water partition coefficient (Wildman–Crippen LogP) is 5.21. The Bertz CT molecular complexity index is 790. The summed E-state index contributed by atoms with van der Waals surface area (Å²) < 4.78 is 2.26. The van der Waals surface area contributed by atoms with Crippen LogP contribution >= 0.6 is 11.6 Å². The molecule has 2 nitrogen and oxygen atoms in total. The predicted molar refractivity (Wildman–Crippen MR) is 90.9 cm³/mol. The standard InChI is InChI=1S/C19H21ClN2/c1-12-16-17(19(5,11-21)10-18(16,3)4)13(2)22(12)15-8-6-14(20)7-9-15/h6-9H,10H2,1-5H3. The fourth-order valence-corrected chi connectivity index (χ4v) is 4.60. The Labute approximate surface area is 137 Å². The summed E-state index contributed by atoms with van der Waals surface area (Å²) in [4.78, 5) is 0. The molecule has 1 atom stereocenters. The molecule has 1 unspecified atom stereocenters. The summed E-state index contributed by atoms with van der Waals surface area (Å²) in [6.45, 7) is 10.8. The molecule has 1 aliphatic rings. The zero-order chi connectivity index (χ0) is 16.3. The Kier molecular flexibility index (Phi) is 3.20. The summed E-state index contributed by atoms with van der Waals surface area (Å²) in [5.41, 5.74) is 5.67. The molecule has 2 aromatic rings. The molecule has 1 aromatic carbocycles. The zero-order valence-corrected chi connectivity index (χ0v) is 14.5. The smallest absolute Gasteiger partial charge is 0.0822 e. The van der Waals surface area contributed by atoms with Gasteiger partial charge in [-0.3, -0.25) is 0 Å². The average Bonchev–Trinajstić information content (AvgIpc) is 2.84. The first-order valence-corrected chi connectivity index (χ1v) is 7.99. The molecule has 1 aliphatic carbocycles. The second kappa shape index (κ2) is 4.64. The third-order valence-corrected chi connectivity index (χ3v) is 5.25. The molecule has 3 rings (SSSR count). The molecule has 0 radical (unpaired) electrons. The van der Waals surface area contributed by atoms with E-state index in [1.165, 1.54) is 22.5 Å². The maximum absolute atomic E-state index is 9.76. The first kappa shape index (κ1) is 15.2. The van der Waals surface area contributed by atoms with Crippen LogP contribution in [0.5, 0.6) is 0 Å². The summed E-state index contributed by atoms with van der Waals surface area (Å²) in [5.74, 6) is 0. The number of benzene rings is 1. The van der Waals surface area contributed by atoms with E-state index in [2.05, 4.69) is 45.3 Å². The van der Waals surface area contributed by atoms with Crippen LogP contribution in [-0.2, 0) is 10.8 Å². The van der Waals surface area contributed by atoms with Crippen LogP contribution in [0.15, 0.2) is 24.3 Å². The lowest BCUT2D eigenvalue weighted by atomic mass is 9.80. The van der Waals surface area contributed by atoms with Gasteiger partial charge in [0.2, 0.25) is 0 Å². The highest BCUT2D eigenvalue weighted by Gasteiger charge is 2.49. The van der Waals surface area contributed by atoms with E-state index >= 15 is 0 Å². The Balaban J connectivity index is 2.32. The zero-order valence-electron chi connectivity index (χ0n) is 13.8. The number of halogens is 1. The Morgan fingerprint density at radius 1 is 1.05 bits per heavy atom. The molecule has 3 heteroatoms. The van der Waals surface area contributed by atoms with Crippen LogP contribution in [-0.4, -0.2) is 4.57 Å². The van der Waals surface area contributed by atoms with Crippen molar-refractivity contribution in [2.75, 3.05) is 0 Å². The molecule has 22 heavy (non-hydrogen) atoms. The van der Waals surface area contributed by atoms with Gasteiger partial charge in [0.25, 0.3) is 0 Å². The molecular formula is C19H21ClN2. The van der Waals surface area contributed by atoms with Crippen LogP contribution in [0.4, 0.5) is 0 Å². The van der Waals surface area contributed by atoms with E-state index < -0.39 is 5.41 Å². The van der Waals surface area contributed by atoms with Crippen molar-refractivity contribution in [3.05, 3.63) is 51.8 Å².